The normalized spacial score (nSPS) is 16.1. The Balaban J connectivity index is 1.79. The van der Waals surface area contributed by atoms with E-state index in [9.17, 15) is 13.2 Å². The Kier molecular flexibility index (Phi) is 4.09. The van der Waals surface area contributed by atoms with Gasteiger partial charge in [0.1, 0.15) is 10.7 Å². The Morgan fingerprint density at radius 3 is 2.92 bits per heavy atom. The standard InChI is InChI=1S/C17H15BrN2O3S2/c1-9-6-11(18)3-2-10(9)7-14-19-16(21)15-12-4-5-25(22,23)8-13(12)24-17(15)20-14/h2-3,6H,4-5,7-8H2,1H3,(H,19,20,21). The van der Waals surface area contributed by atoms with Crippen LogP contribution < -0.4 is 5.56 Å². The lowest BCUT2D eigenvalue weighted by Crippen LogP contribution is -2.19. The number of thiophene rings is 1. The van der Waals surface area contributed by atoms with Crippen molar-refractivity contribution < 1.29 is 8.42 Å². The molecule has 3 heterocycles. The SMILES string of the molecule is Cc1cc(Br)ccc1Cc1nc2sc3c(c2c(=O)[nH]1)CCS(=O)(=O)C3. The molecule has 0 saturated heterocycles. The summed E-state index contributed by atoms with van der Waals surface area (Å²) in [5.74, 6) is 0.721. The van der Waals surface area contributed by atoms with Gasteiger partial charge in [0.15, 0.2) is 9.84 Å². The number of aromatic amines is 1. The van der Waals surface area contributed by atoms with Crippen LogP contribution in [-0.4, -0.2) is 24.1 Å². The zero-order chi connectivity index (χ0) is 17.8. The van der Waals surface area contributed by atoms with Gasteiger partial charge in [0.2, 0.25) is 0 Å². The van der Waals surface area contributed by atoms with Crippen LogP contribution in [-0.2, 0) is 28.4 Å². The Morgan fingerprint density at radius 2 is 2.16 bits per heavy atom. The third-order valence-corrected chi connectivity index (χ3v) is 7.83. The van der Waals surface area contributed by atoms with Gasteiger partial charge in [0, 0.05) is 15.8 Å². The average Bonchev–Trinajstić information content (AvgIpc) is 2.86. The molecule has 0 unspecified atom stereocenters. The van der Waals surface area contributed by atoms with E-state index in [1.54, 1.807) is 0 Å². The second kappa shape index (κ2) is 6.03. The molecular formula is C17H15BrN2O3S2. The summed E-state index contributed by atoms with van der Waals surface area (Å²) < 4.78 is 24.7. The first-order valence-electron chi connectivity index (χ1n) is 7.81. The minimum Gasteiger partial charge on any atom is -0.310 e. The van der Waals surface area contributed by atoms with Crippen molar-refractivity contribution in [3.63, 3.8) is 0 Å². The van der Waals surface area contributed by atoms with Gasteiger partial charge in [-0.15, -0.1) is 11.3 Å². The number of halogens is 1. The molecule has 1 aliphatic rings. The largest absolute Gasteiger partial charge is 0.310 e. The quantitative estimate of drug-likeness (QED) is 0.666. The van der Waals surface area contributed by atoms with E-state index in [-0.39, 0.29) is 17.1 Å². The Morgan fingerprint density at radius 1 is 1.36 bits per heavy atom. The predicted molar refractivity (Wildman–Crippen MR) is 103 cm³/mol. The first-order chi connectivity index (χ1) is 11.8. The molecule has 4 rings (SSSR count). The fourth-order valence-electron chi connectivity index (χ4n) is 3.19. The van der Waals surface area contributed by atoms with Crippen LogP contribution >= 0.6 is 27.3 Å². The van der Waals surface area contributed by atoms with Gasteiger partial charge in [-0.1, -0.05) is 22.0 Å². The molecule has 3 aromatic rings. The summed E-state index contributed by atoms with van der Waals surface area (Å²) >= 11 is 4.78. The maximum absolute atomic E-state index is 12.6. The first-order valence-corrected chi connectivity index (χ1v) is 11.2. The minimum atomic E-state index is -3.06. The average molecular weight is 439 g/mol. The van der Waals surface area contributed by atoms with E-state index in [2.05, 4.69) is 25.9 Å². The van der Waals surface area contributed by atoms with E-state index in [1.807, 2.05) is 25.1 Å². The number of rotatable bonds is 2. The second-order valence-corrected chi connectivity index (χ2v) is 10.5. The highest BCUT2D eigenvalue weighted by Crippen LogP contribution is 2.33. The summed E-state index contributed by atoms with van der Waals surface area (Å²) in [4.78, 5) is 21.5. The van der Waals surface area contributed by atoms with Crippen molar-refractivity contribution in [3.8, 4) is 0 Å². The van der Waals surface area contributed by atoms with Crippen molar-refractivity contribution >= 4 is 47.3 Å². The van der Waals surface area contributed by atoms with Crippen molar-refractivity contribution in [1.29, 1.82) is 0 Å². The molecule has 0 aliphatic carbocycles. The van der Waals surface area contributed by atoms with Gasteiger partial charge < -0.3 is 4.98 Å². The van der Waals surface area contributed by atoms with Gasteiger partial charge in [-0.2, -0.15) is 0 Å². The molecule has 0 radical (unpaired) electrons. The fraction of sp³-hybridized carbons (Fsp3) is 0.294. The van der Waals surface area contributed by atoms with Gasteiger partial charge in [-0.05, 0) is 42.2 Å². The molecule has 1 N–H and O–H groups in total. The van der Waals surface area contributed by atoms with E-state index in [4.69, 9.17) is 0 Å². The smallest absolute Gasteiger partial charge is 0.259 e. The maximum Gasteiger partial charge on any atom is 0.259 e. The van der Waals surface area contributed by atoms with Crippen molar-refractivity contribution in [2.75, 3.05) is 5.75 Å². The number of benzene rings is 1. The van der Waals surface area contributed by atoms with E-state index in [0.29, 0.717) is 28.9 Å². The molecule has 0 saturated carbocycles. The summed E-state index contributed by atoms with van der Waals surface area (Å²) in [6, 6.07) is 6.00. The van der Waals surface area contributed by atoms with Crippen LogP contribution in [0.15, 0.2) is 27.5 Å². The molecular weight excluding hydrogens is 424 g/mol. The van der Waals surface area contributed by atoms with Crippen LogP contribution in [0.4, 0.5) is 0 Å². The van der Waals surface area contributed by atoms with Crippen molar-refractivity contribution in [2.45, 2.75) is 25.5 Å². The number of nitrogens with one attached hydrogen (secondary N) is 1. The first kappa shape index (κ1) is 16.9. The lowest BCUT2D eigenvalue weighted by molar-refractivity contribution is 0.592. The Hall–Kier alpha value is -1.51. The van der Waals surface area contributed by atoms with Crippen LogP contribution in [0.3, 0.4) is 0 Å². The highest BCUT2D eigenvalue weighted by Gasteiger charge is 2.27. The third-order valence-electron chi connectivity index (χ3n) is 4.47. The Labute approximate surface area is 157 Å². The number of hydrogen-bond donors (Lipinski definition) is 1. The molecule has 130 valence electrons. The molecule has 1 aromatic carbocycles. The molecule has 2 aromatic heterocycles. The molecule has 1 aliphatic heterocycles. The molecule has 0 amide bonds. The monoisotopic (exact) mass is 438 g/mol. The lowest BCUT2D eigenvalue weighted by Gasteiger charge is -2.11. The highest BCUT2D eigenvalue weighted by molar-refractivity contribution is 9.10. The highest BCUT2D eigenvalue weighted by atomic mass is 79.9. The number of nitrogens with zero attached hydrogens (tertiary/aromatic N) is 1. The second-order valence-electron chi connectivity index (χ2n) is 6.29. The van der Waals surface area contributed by atoms with E-state index in [0.717, 1.165) is 26.0 Å². The number of aromatic nitrogens is 2. The van der Waals surface area contributed by atoms with E-state index < -0.39 is 9.84 Å². The number of sulfone groups is 1. The molecule has 0 atom stereocenters. The van der Waals surface area contributed by atoms with Crippen LogP contribution in [0.25, 0.3) is 10.2 Å². The van der Waals surface area contributed by atoms with Crippen molar-refractivity contribution in [3.05, 3.63) is 60.4 Å². The summed E-state index contributed by atoms with van der Waals surface area (Å²) in [5.41, 5.74) is 2.89. The fourth-order valence-corrected chi connectivity index (χ4v) is 6.70. The molecule has 5 nitrogen and oxygen atoms in total. The molecule has 0 fully saturated rings. The van der Waals surface area contributed by atoms with E-state index in [1.165, 1.54) is 11.3 Å². The zero-order valence-electron chi connectivity index (χ0n) is 13.4. The summed E-state index contributed by atoms with van der Waals surface area (Å²) in [7, 11) is -3.06. The zero-order valence-corrected chi connectivity index (χ0v) is 16.6. The summed E-state index contributed by atoms with van der Waals surface area (Å²) in [6.07, 6.45) is 0.929. The Bertz CT molecular complexity index is 1160. The topological polar surface area (TPSA) is 79.9 Å². The van der Waals surface area contributed by atoms with Gasteiger partial charge in [-0.3, -0.25) is 4.79 Å². The number of fused-ring (bicyclic) bond motifs is 3. The molecule has 0 bridgehead atoms. The molecule has 8 heteroatoms. The van der Waals surface area contributed by atoms with Gasteiger partial charge in [0.05, 0.1) is 16.9 Å². The number of aryl methyl sites for hydroxylation is 2. The van der Waals surface area contributed by atoms with Gasteiger partial charge >= 0.3 is 0 Å². The third kappa shape index (κ3) is 3.18. The van der Waals surface area contributed by atoms with Crippen LogP contribution in [0.2, 0.25) is 0 Å². The maximum atomic E-state index is 12.6. The van der Waals surface area contributed by atoms with E-state index >= 15 is 0 Å². The number of H-pyrrole nitrogens is 1. The van der Waals surface area contributed by atoms with Gasteiger partial charge in [-0.25, -0.2) is 13.4 Å². The molecule has 25 heavy (non-hydrogen) atoms. The van der Waals surface area contributed by atoms with Gasteiger partial charge in [0.25, 0.3) is 5.56 Å². The van der Waals surface area contributed by atoms with Crippen molar-refractivity contribution in [1.82, 2.24) is 9.97 Å². The number of hydrogen-bond acceptors (Lipinski definition) is 5. The van der Waals surface area contributed by atoms with Crippen LogP contribution in [0.5, 0.6) is 0 Å². The van der Waals surface area contributed by atoms with Crippen molar-refractivity contribution in [2.24, 2.45) is 0 Å². The van der Waals surface area contributed by atoms with Crippen LogP contribution in [0.1, 0.15) is 27.4 Å². The minimum absolute atomic E-state index is 0.0178. The predicted octanol–water partition coefficient (Wildman–Crippen LogP) is 3.12. The van der Waals surface area contributed by atoms with Crippen LogP contribution in [0, 0.1) is 6.92 Å². The summed E-state index contributed by atoms with van der Waals surface area (Å²) in [5, 5.41) is 0.561. The molecule has 0 spiro atoms. The lowest BCUT2D eigenvalue weighted by atomic mass is 10.1. The summed E-state index contributed by atoms with van der Waals surface area (Å²) in [6.45, 7) is 2.02.